The Kier molecular flexibility index (Phi) is 7.07. The van der Waals surface area contributed by atoms with E-state index in [0.717, 1.165) is 36.1 Å². The Morgan fingerprint density at radius 1 is 1.00 bits per heavy atom. The Morgan fingerprint density at radius 2 is 1.68 bits per heavy atom. The molecular weight excluding hydrogens is 417 g/mol. The molecule has 0 aliphatic heterocycles. The van der Waals surface area contributed by atoms with Gasteiger partial charge in [-0.15, -0.1) is 0 Å². The summed E-state index contributed by atoms with van der Waals surface area (Å²) >= 11 is 0. The van der Waals surface area contributed by atoms with Crippen LogP contribution in [0.4, 0.5) is 10.1 Å². The van der Waals surface area contributed by atoms with E-state index in [1.807, 2.05) is 37.3 Å². The van der Waals surface area contributed by atoms with Gasteiger partial charge in [0.2, 0.25) is 0 Å². The Bertz CT molecular complexity index is 1160. The molecule has 7 heteroatoms. The summed E-state index contributed by atoms with van der Waals surface area (Å²) in [6.45, 7) is 3.87. The lowest BCUT2D eigenvalue weighted by Crippen LogP contribution is -2.18. The number of carbonyl (C=O) groups is 1. The van der Waals surface area contributed by atoms with Crippen molar-refractivity contribution in [2.75, 3.05) is 4.72 Å². The molecule has 0 unspecified atom stereocenters. The largest absolute Gasteiger partial charge is 0.457 e. The van der Waals surface area contributed by atoms with E-state index >= 15 is 0 Å². The maximum atomic E-state index is 13.2. The minimum absolute atomic E-state index is 0.0707. The first-order chi connectivity index (χ1) is 14.8. The van der Waals surface area contributed by atoms with Gasteiger partial charge in [0, 0.05) is 0 Å². The van der Waals surface area contributed by atoms with E-state index in [-0.39, 0.29) is 22.8 Å². The number of anilines is 1. The summed E-state index contributed by atoms with van der Waals surface area (Å²) in [7, 11) is -4.02. The third-order valence-corrected chi connectivity index (χ3v) is 6.26. The van der Waals surface area contributed by atoms with Crippen LogP contribution in [0.1, 0.15) is 40.4 Å². The normalized spacial score (nSPS) is 11.2. The Labute approximate surface area is 181 Å². The number of benzene rings is 3. The molecule has 0 fully saturated rings. The van der Waals surface area contributed by atoms with Gasteiger partial charge in [-0.1, -0.05) is 49.7 Å². The van der Waals surface area contributed by atoms with Gasteiger partial charge in [0.1, 0.15) is 12.4 Å². The molecule has 31 heavy (non-hydrogen) atoms. The van der Waals surface area contributed by atoms with Gasteiger partial charge < -0.3 is 4.74 Å². The molecule has 0 heterocycles. The third kappa shape index (κ3) is 5.49. The van der Waals surface area contributed by atoms with Crippen molar-refractivity contribution in [2.24, 2.45) is 0 Å². The second-order valence-electron chi connectivity index (χ2n) is 7.14. The first-order valence-corrected chi connectivity index (χ1v) is 11.4. The van der Waals surface area contributed by atoms with E-state index in [2.05, 4.69) is 4.72 Å². The standard InChI is InChI=1S/C24H24FNO4S/c1-3-7-19-10-15-22(26-31(28,29)21-13-11-20(25)12-14-21)23(17(19)2)24(27)30-16-18-8-5-4-6-9-18/h4-6,8-15,26H,3,7,16H2,1-2H3. The van der Waals surface area contributed by atoms with E-state index in [1.54, 1.807) is 19.1 Å². The first kappa shape index (κ1) is 22.5. The SMILES string of the molecule is CCCc1ccc(NS(=O)(=O)c2ccc(F)cc2)c(C(=O)OCc2ccccc2)c1C. The first-order valence-electron chi connectivity index (χ1n) is 9.93. The van der Waals surface area contributed by atoms with E-state index in [1.165, 1.54) is 12.1 Å². The monoisotopic (exact) mass is 441 g/mol. The van der Waals surface area contributed by atoms with Crippen LogP contribution < -0.4 is 4.72 Å². The lowest BCUT2D eigenvalue weighted by molar-refractivity contribution is 0.0473. The number of sulfonamides is 1. The van der Waals surface area contributed by atoms with Gasteiger partial charge >= 0.3 is 5.97 Å². The summed E-state index contributed by atoms with van der Waals surface area (Å²) in [4.78, 5) is 12.9. The molecule has 1 N–H and O–H groups in total. The van der Waals surface area contributed by atoms with Crippen LogP contribution >= 0.6 is 0 Å². The molecule has 0 aromatic heterocycles. The Hall–Kier alpha value is -3.19. The molecule has 0 aliphatic rings. The zero-order chi connectivity index (χ0) is 22.4. The van der Waals surface area contributed by atoms with Crippen molar-refractivity contribution in [1.29, 1.82) is 0 Å². The quantitative estimate of drug-likeness (QED) is 0.485. The average Bonchev–Trinajstić information content (AvgIpc) is 2.75. The predicted octanol–water partition coefficient (Wildman–Crippen LogP) is 5.24. The maximum absolute atomic E-state index is 13.2. The summed E-state index contributed by atoms with van der Waals surface area (Å²) in [6.07, 6.45) is 1.62. The molecule has 0 bridgehead atoms. The molecule has 0 atom stereocenters. The van der Waals surface area contributed by atoms with Crippen molar-refractivity contribution in [3.8, 4) is 0 Å². The highest BCUT2D eigenvalue weighted by molar-refractivity contribution is 7.92. The van der Waals surface area contributed by atoms with E-state index in [0.29, 0.717) is 5.56 Å². The van der Waals surface area contributed by atoms with Gasteiger partial charge in [-0.25, -0.2) is 17.6 Å². The number of hydrogen-bond donors (Lipinski definition) is 1. The highest BCUT2D eigenvalue weighted by Crippen LogP contribution is 2.28. The zero-order valence-electron chi connectivity index (χ0n) is 17.4. The van der Waals surface area contributed by atoms with E-state index < -0.39 is 21.8 Å². The fourth-order valence-corrected chi connectivity index (χ4v) is 4.33. The van der Waals surface area contributed by atoms with Crippen molar-refractivity contribution in [2.45, 2.75) is 38.2 Å². The van der Waals surface area contributed by atoms with Crippen molar-refractivity contribution in [1.82, 2.24) is 0 Å². The summed E-state index contributed by atoms with van der Waals surface area (Å²) in [5.41, 5.74) is 2.73. The number of rotatable bonds is 8. The van der Waals surface area contributed by atoms with E-state index in [9.17, 15) is 17.6 Å². The highest BCUT2D eigenvalue weighted by atomic mass is 32.2. The number of halogens is 1. The Balaban J connectivity index is 1.94. The molecule has 0 radical (unpaired) electrons. The van der Waals surface area contributed by atoms with Crippen LogP contribution in [0.15, 0.2) is 71.6 Å². The molecule has 0 saturated heterocycles. The van der Waals surface area contributed by atoms with Gasteiger partial charge in [-0.2, -0.15) is 0 Å². The fourth-order valence-electron chi connectivity index (χ4n) is 3.26. The Morgan fingerprint density at radius 3 is 2.32 bits per heavy atom. The summed E-state index contributed by atoms with van der Waals surface area (Å²) < 4.78 is 46.7. The van der Waals surface area contributed by atoms with Gasteiger partial charge in [-0.05, 0) is 60.4 Å². The minimum atomic E-state index is -4.02. The van der Waals surface area contributed by atoms with Crippen molar-refractivity contribution in [3.05, 3.63) is 94.8 Å². The van der Waals surface area contributed by atoms with Crippen LogP contribution in [-0.2, 0) is 27.8 Å². The van der Waals surface area contributed by atoms with Gasteiger partial charge in [-0.3, -0.25) is 4.72 Å². The molecule has 0 spiro atoms. The molecule has 3 aromatic rings. The number of nitrogens with one attached hydrogen (secondary N) is 1. The van der Waals surface area contributed by atoms with E-state index in [4.69, 9.17) is 4.74 Å². The van der Waals surface area contributed by atoms with Gasteiger partial charge in [0.05, 0.1) is 16.1 Å². The van der Waals surface area contributed by atoms with Crippen LogP contribution in [0.25, 0.3) is 0 Å². The van der Waals surface area contributed by atoms with Crippen LogP contribution in [0, 0.1) is 12.7 Å². The summed E-state index contributed by atoms with van der Waals surface area (Å²) in [5, 5.41) is 0. The third-order valence-electron chi connectivity index (χ3n) is 4.88. The molecule has 0 aliphatic carbocycles. The smallest absolute Gasteiger partial charge is 0.340 e. The maximum Gasteiger partial charge on any atom is 0.340 e. The molecule has 5 nitrogen and oxygen atoms in total. The lowest BCUT2D eigenvalue weighted by atomic mass is 9.97. The lowest BCUT2D eigenvalue weighted by Gasteiger charge is -2.17. The minimum Gasteiger partial charge on any atom is -0.457 e. The average molecular weight is 442 g/mol. The molecule has 3 aromatic carbocycles. The number of hydrogen-bond acceptors (Lipinski definition) is 4. The summed E-state index contributed by atoms with van der Waals surface area (Å²) in [5.74, 6) is -1.15. The molecular formula is C24H24FNO4S. The van der Waals surface area contributed by atoms with Crippen LogP contribution in [0.5, 0.6) is 0 Å². The van der Waals surface area contributed by atoms with Crippen LogP contribution in [-0.4, -0.2) is 14.4 Å². The number of esters is 1. The number of ether oxygens (including phenoxy) is 1. The highest BCUT2D eigenvalue weighted by Gasteiger charge is 2.23. The van der Waals surface area contributed by atoms with Crippen molar-refractivity contribution >= 4 is 21.7 Å². The second-order valence-corrected chi connectivity index (χ2v) is 8.83. The van der Waals surface area contributed by atoms with Crippen molar-refractivity contribution in [3.63, 3.8) is 0 Å². The van der Waals surface area contributed by atoms with Gasteiger partial charge in [0.15, 0.2) is 0 Å². The zero-order valence-corrected chi connectivity index (χ0v) is 18.2. The topological polar surface area (TPSA) is 72.5 Å². The number of aryl methyl sites for hydroxylation is 1. The molecule has 0 saturated carbocycles. The second kappa shape index (κ2) is 9.75. The van der Waals surface area contributed by atoms with Crippen molar-refractivity contribution < 1.29 is 22.3 Å². The molecule has 0 amide bonds. The fraction of sp³-hybridized carbons (Fsp3) is 0.208. The number of carbonyl (C=O) groups excluding carboxylic acids is 1. The molecule has 3 rings (SSSR count). The van der Waals surface area contributed by atoms with Crippen LogP contribution in [0.2, 0.25) is 0 Å². The molecule has 162 valence electrons. The predicted molar refractivity (Wildman–Crippen MR) is 118 cm³/mol. The summed E-state index contributed by atoms with van der Waals surface area (Å²) in [6, 6.07) is 17.1. The van der Waals surface area contributed by atoms with Gasteiger partial charge in [0.25, 0.3) is 10.0 Å². The van der Waals surface area contributed by atoms with Crippen LogP contribution in [0.3, 0.4) is 0 Å².